The Morgan fingerprint density at radius 2 is 1.43 bits per heavy atom. The lowest BCUT2D eigenvalue weighted by molar-refractivity contribution is 0.0470. The SMILES string of the molecule is COc1ccc(C(C)=O)cc1COC(=O)c1ccc(-c2ccc(O)cc2)cc1. The maximum Gasteiger partial charge on any atom is 0.338 e. The molecule has 0 aliphatic rings. The van der Waals surface area contributed by atoms with Crippen LogP contribution in [0.2, 0.25) is 0 Å². The number of esters is 1. The van der Waals surface area contributed by atoms with E-state index in [0.717, 1.165) is 11.1 Å². The number of hydrogen-bond acceptors (Lipinski definition) is 5. The summed E-state index contributed by atoms with van der Waals surface area (Å²) in [5.74, 6) is 0.223. The Kier molecular flexibility index (Phi) is 5.75. The first-order chi connectivity index (χ1) is 13.5. The maximum absolute atomic E-state index is 12.4. The van der Waals surface area contributed by atoms with Gasteiger partial charge in [0.05, 0.1) is 12.7 Å². The zero-order valence-corrected chi connectivity index (χ0v) is 15.6. The summed E-state index contributed by atoms with van der Waals surface area (Å²) in [5, 5.41) is 9.37. The summed E-state index contributed by atoms with van der Waals surface area (Å²) in [5.41, 5.74) is 3.44. The molecule has 28 heavy (non-hydrogen) atoms. The van der Waals surface area contributed by atoms with Crippen LogP contribution in [0, 0.1) is 0 Å². The van der Waals surface area contributed by atoms with Gasteiger partial charge in [-0.25, -0.2) is 4.79 Å². The van der Waals surface area contributed by atoms with Gasteiger partial charge in [0.15, 0.2) is 5.78 Å². The van der Waals surface area contributed by atoms with Crippen LogP contribution in [0.1, 0.15) is 33.2 Å². The van der Waals surface area contributed by atoms with E-state index in [1.54, 1.807) is 54.6 Å². The fourth-order valence-corrected chi connectivity index (χ4v) is 2.79. The van der Waals surface area contributed by atoms with E-state index in [9.17, 15) is 14.7 Å². The highest BCUT2D eigenvalue weighted by Crippen LogP contribution is 2.24. The van der Waals surface area contributed by atoms with Crippen LogP contribution < -0.4 is 4.74 Å². The molecule has 0 fully saturated rings. The van der Waals surface area contributed by atoms with Crippen molar-refractivity contribution >= 4 is 11.8 Å². The van der Waals surface area contributed by atoms with Crippen molar-refractivity contribution in [2.24, 2.45) is 0 Å². The number of carbonyl (C=O) groups excluding carboxylic acids is 2. The fraction of sp³-hybridized carbons (Fsp3) is 0.130. The number of Topliss-reactive ketones (excluding diaryl/α,β-unsaturated/α-hetero) is 1. The number of aromatic hydroxyl groups is 1. The molecule has 3 rings (SSSR count). The second-order valence-electron chi connectivity index (χ2n) is 6.28. The van der Waals surface area contributed by atoms with E-state index in [-0.39, 0.29) is 18.1 Å². The van der Waals surface area contributed by atoms with Gasteiger partial charge in [-0.05, 0) is 60.5 Å². The summed E-state index contributed by atoms with van der Waals surface area (Å²) in [6.45, 7) is 1.48. The number of phenolic OH excluding ortho intramolecular Hbond substituents is 1. The van der Waals surface area contributed by atoms with Crippen molar-refractivity contribution < 1.29 is 24.2 Å². The molecular formula is C23H20O5. The van der Waals surface area contributed by atoms with Gasteiger partial charge in [-0.1, -0.05) is 24.3 Å². The normalized spacial score (nSPS) is 10.4. The van der Waals surface area contributed by atoms with Gasteiger partial charge in [-0.2, -0.15) is 0 Å². The van der Waals surface area contributed by atoms with E-state index < -0.39 is 5.97 Å². The van der Waals surface area contributed by atoms with Crippen LogP contribution in [-0.4, -0.2) is 24.0 Å². The summed E-state index contributed by atoms with van der Waals surface area (Å²) < 4.78 is 10.7. The van der Waals surface area contributed by atoms with Crippen LogP contribution in [0.5, 0.6) is 11.5 Å². The first-order valence-electron chi connectivity index (χ1n) is 8.72. The van der Waals surface area contributed by atoms with E-state index >= 15 is 0 Å². The van der Waals surface area contributed by atoms with Crippen molar-refractivity contribution in [1.29, 1.82) is 0 Å². The summed E-state index contributed by atoms with van der Waals surface area (Å²) in [6, 6.07) is 18.9. The highest BCUT2D eigenvalue weighted by atomic mass is 16.5. The van der Waals surface area contributed by atoms with E-state index in [1.807, 2.05) is 12.1 Å². The number of ketones is 1. The van der Waals surface area contributed by atoms with Gasteiger partial charge < -0.3 is 14.6 Å². The van der Waals surface area contributed by atoms with Gasteiger partial charge in [-0.15, -0.1) is 0 Å². The van der Waals surface area contributed by atoms with Crippen LogP contribution in [0.4, 0.5) is 0 Å². The minimum atomic E-state index is -0.465. The Labute approximate surface area is 163 Å². The molecule has 0 aliphatic carbocycles. The molecule has 0 aliphatic heterocycles. The molecule has 0 atom stereocenters. The maximum atomic E-state index is 12.4. The zero-order valence-electron chi connectivity index (χ0n) is 15.6. The van der Waals surface area contributed by atoms with Crippen LogP contribution >= 0.6 is 0 Å². The standard InChI is InChI=1S/C23H20O5/c1-15(24)19-9-12-22(27-2)20(13-19)14-28-23(26)18-5-3-16(4-6-18)17-7-10-21(25)11-8-17/h3-13,25H,14H2,1-2H3. The number of hydrogen-bond donors (Lipinski definition) is 1. The molecule has 0 heterocycles. The predicted octanol–water partition coefficient (Wildman–Crippen LogP) is 4.63. The Morgan fingerprint density at radius 3 is 2.00 bits per heavy atom. The lowest BCUT2D eigenvalue weighted by atomic mass is 10.0. The predicted molar refractivity (Wildman–Crippen MR) is 106 cm³/mol. The Balaban J connectivity index is 1.71. The molecular weight excluding hydrogens is 356 g/mol. The third kappa shape index (κ3) is 4.38. The molecule has 0 saturated heterocycles. The van der Waals surface area contributed by atoms with Crippen LogP contribution in [0.3, 0.4) is 0 Å². The van der Waals surface area contributed by atoms with Gasteiger partial charge in [-0.3, -0.25) is 4.79 Å². The smallest absolute Gasteiger partial charge is 0.338 e. The lowest BCUT2D eigenvalue weighted by Gasteiger charge is -2.11. The monoisotopic (exact) mass is 376 g/mol. The number of benzene rings is 3. The molecule has 142 valence electrons. The molecule has 0 radical (unpaired) electrons. The minimum Gasteiger partial charge on any atom is -0.508 e. The lowest BCUT2D eigenvalue weighted by Crippen LogP contribution is -2.07. The van der Waals surface area contributed by atoms with Gasteiger partial charge in [0, 0.05) is 11.1 Å². The Bertz CT molecular complexity index is 989. The molecule has 0 bridgehead atoms. The van der Waals surface area contributed by atoms with E-state index in [2.05, 4.69) is 0 Å². The summed E-state index contributed by atoms with van der Waals surface area (Å²) in [7, 11) is 1.52. The third-order valence-electron chi connectivity index (χ3n) is 4.37. The summed E-state index contributed by atoms with van der Waals surface area (Å²) in [6.07, 6.45) is 0. The molecule has 1 N–H and O–H groups in total. The average molecular weight is 376 g/mol. The number of ether oxygens (including phenoxy) is 2. The Morgan fingerprint density at radius 1 is 0.857 bits per heavy atom. The quantitative estimate of drug-likeness (QED) is 0.502. The highest BCUT2D eigenvalue weighted by Gasteiger charge is 2.12. The van der Waals surface area contributed by atoms with Gasteiger partial charge in [0.25, 0.3) is 0 Å². The molecule has 0 amide bonds. The molecule has 0 spiro atoms. The van der Waals surface area contributed by atoms with Crippen molar-refractivity contribution in [2.75, 3.05) is 7.11 Å². The second-order valence-corrected chi connectivity index (χ2v) is 6.28. The van der Waals surface area contributed by atoms with Gasteiger partial charge in [0.1, 0.15) is 18.1 Å². The number of phenols is 1. The molecule has 3 aromatic rings. The first kappa shape index (κ1) is 19.2. The largest absolute Gasteiger partial charge is 0.508 e. The van der Waals surface area contributed by atoms with E-state index in [1.165, 1.54) is 14.0 Å². The van der Waals surface area contributed by atoms with Crippen molar-refractivity contribution in [3.63, 3.8) is 0 Å². The van der Waals surface area contributed by atoms with Crippen LogP contribution in [0.25, 0.3) is 11.1 Å². The molecule has 5 nitrogen and oxygen atoms in total. The van der Waals surface area contributed by atoms with Crippen molar-refractivity contribution in [2.45, 2.75) is 13.5 Å². The van der Waals surface area contributed by atoms with Gasteiger partial charge in [0.2, 0.25) is 0 Å². The number of carbonyl (C=O) groups is 2. The first-order valence-corrected chi connectivity index (χ1v) is 8.72. The zero-order chi connectivity index (χ0) is 20.1. The molecule has 0 unspecified atom stereocenters. The molecule has 0 aromatic heterocycles. The van der Waals surface area contributed by atoms with E-state index in [0.29, 0.717) is 22.4 Å². The number of rotatable bonds is 6. The van der Waals surface area contributed by atoms with Crippen molar-refractivity contribution in [1.82, 2.24) is 0 Å². The molecule has 3 aromatic carbocycles. The summed E-state index contributed by atoms with van der Waals surface area (Å²) in [4.78, 5) is 23.9. The average Bonchev–Trinajstić information content (AvgIpc) is 2.72. The molecule has 5 heteroatoms. The van der Waals surface area contributed by atoms with Gasteiger partial charge >= 0.3 is 5.97 Å². The minimum absolute atomic E-state index is 0.00282. The third-order valence-corrected chi connectivity index (χ3v) is 4.37. The van der Waals surface area contributed by atoms with Crippen LogP contribution in [-0.2, 0) is 11.3 Å². The number of methoxy groups -OCH3 is 1. The summed E-state index contributed by atoms with van der Waals surface area (Å²) >= 11 is 0. The van der Waals surface area contributed by atoms with Crippen molar-refractivity contribution in [3.8, 4) is 22.6 Å². The Hall–Kier alpha value is -3.60. The topological polar surface area (TPSA) is 72.8 Å². The van der Waals surface area contributed by atoms with Crippen molar-refractivity contribution in [3.05, 3.63) is 83.4 Å². The second kappa shape index (κ2) is 8.39. The molecule has 0 saturated carbocycles. The fourth-order valence-electron chi connectivity index (χ4n) is 2.79. The van der Waals surface area contributed by atoms with E-state index in [4.69, 9.17) is 9.47 Å². The highest BCUT2D eigenvalue weighted by molar-refractivity contribution is 5.94. The van der Waals surface area contributed by atoms with Crippen LogP contribution in [0.15, 0.2) is 66.7 Å².